The van der Waals surface area contributed by atoms with Crippen LogP contribution in [-0.2, 0) is 21.0 Å². The summed E-state index contributed by atoms with van der Waals surface area (Å²) in [7, 11) is -3.68. The summed E-state index contributed by atoms with van der Waals surface area (Å²) in [6, 6.07) is 14.2. The van der Waals surface area contributed by atoms with E-state index in [1.165, 1.54) is 17.7 Å². The van der Waals surface area contributed by atoms with Gasteiger partial charge in [-0.25, -0.2) is 8.42 Å². The summed E-state index contributed by atoms with van der Waals surface area (Å²) in [5.41, 5.74) is 7.29. The molecule has 4 nitrogen and oxygen atoms in total. The molecule has 7 heteroatoms. The van der Waals surface area contributed by atoms with Gasteiger partial charge in [0.2, 0.25) is 0 Å². The predicted octanol–water partition coefficient (Wildman–Crippen LogP) is 4.15. The van der Waals surface area contributed by atoms with E-state index >= 15 is 0 Å². The third-order valence-electron chi connectivity index (χ3n) is 5.48. The fourth-order valence-electron chi connectivity index (χ4n) is 3.87. The lowest BCUT2D eigenvalue weighted by Crippen LogP contribution is -2.33. The first-order chi connectivity index (χ1) is 13.3. The van der Waals surface area contributed by atoms with E-state index in [-0.39, 0.29) is 22.4 Å². The fourth-order valence-corrected chi connectivity index (χ4v) is 6.77. The van der Waals surface area contributed by atoms with Crippen molar-refractivity contribution in [2.75, 3.05) is 13.2 Å². The number of hydrogen-bond donors (Lipinski definition) is 1. The monoisotopic (exact) mass is 437 g/mol. The number of thiocarbonyl (C=S) groups is 1. The van der Waals surface area contributed by atoms with E-state index in [9.17, 15) is 8.42 Å². The Hall–Kier alpha value is -1.47. The van der Waals surface area contributed by atoms with E-state index in [1.807, 2.05) is 31.2 Å². The lowest BCUT2D eigenvalue weighted by atomic mass is 9.98. The molecule has 1 fully saturated rings. The molecule has 1 saturated carbocycles. The van der Waals surface area contributed by atoms with E-state index in [0.717, 1.165) is 12.0 Å². The van der Waals surface area contributed by atoms with Gasteiger partial charge in [-0.2, -0.15) is 0 Å². The summed E-state index contributed by atoms with van der Waals surface area (Å²) in [4.78, 5) is 0.389. The molecule has 0 spiro atoms. The van der Waals surface area contributed by atoms with Crippen molar-refractivity contribution >= 4 is 38.6 Å². The Bertz CT molecular complexity index is 958. The average molecular weight is 438 g/mol. The van der Waals surface area contributed by atoms with Gasteiger partial charge in [0.05, 0.1) is 27.2 Å². The number of halogens is 1. The van der Waals surface area contributed by atoms with Crippen LogP contribution in [-0.4, -0.2) is 31.9 Å². The topological polar surface area (TPSA) is 69.4 Å². The largest absolute Gasteiger partial charge is 0.393 e. The molecule has 0 unspecified atom stereocenters. The van der Waals surface area contributed by atoms with E-state index in [0.29, 0.717) is 11.6 Å². The molecular formula is C21H24ClNO3S2. The molecule has 0 aliphatic heterocycles. The summed E-state index contributed by atoms with van der Waals surface area (Å²) < 4.78 is 32.6. The van der Waals surface area contributed by atoms with Crippen LogP contribution in [0.4, 0.5) is 0 Å². The van der Waals surface area contributed by atoms with Crippen LogP contribution in [0, 0.1) is 5.41 Å². The van der Waals surface area contributed by atoms with Crippen LogP contribution < -0.4 is 5.73 Å². The molecule has 0 saturated heterocycles. The van der Waals surface area contributed by atoms with Crippen LogP contribution >= 0.6 is 23.8 Å². The molecule has 2 N–H and O–H groups in total. The highest BCUT2D eigenvalue weighted by Gasteiger charge is 2.73. The first-order valence-electron chi connectivity index (χ1n) is 9.25. The van der Waals surface area contributed by atoms with Crippen molar-refractivity contribution in [1.29, 1.82) is 0 Å². The smallest absolute Gasteiger partial charge is 0.182 e. The van der Waals surface area contributed by atoms with Crippen LogP contribution in [0.25, 0.3) is 0 Å². The minimum atomic E-state index is -3.68. The Kier molecular flexibility index (Phi) is 6.15. The molecule has 28 heavy (non-hydrogen) atoms. The van der Waals surface area contributed by atoms with Gasteiger partial charge < -0.3 is 10.5 Å². The summed E-state index contributed by atoms with van der Waals surface area (Å²) in [5.74, 6) is -0.344. The van der Waals surface area contributed by atoms with Gasteiger partial charge in [-0.05, 0) is 48.7 Å². The van der Waals surface area contributed by atoms with Gasteiger partial charge in [-0.3, -0.25) is 0 Å². The molecule has 1 aliphatic carbocycles. The van der Waals surface area contributed by atoms with Crippen LogP contribution in [0.3, 0.4) is 0 Å². The molecule has 3 atom stereocenters. The lowest BCUT2D eigenvalue weighted by Gasteiger charge is -2.17. The number of ether oxygens (including phenoxy) is 1. The highest BCUT2D eigenvalue weighted by Crippen LogP contribution is 2.64. The Labute approximate surface area is 177 Å². The van der Waals surface area contributed by atoms with Gasteiger partial charge in [0.15, 0.2) is 9.84 Å². The zero-order valence-corrected chi connectivity index (χ0v) is 18.3. The number of sulfone groups is 1. The quantitative estimate of drug-likeness (QED) is 0.628. The minimum Gasteiger partial charge on any atom is -0.393 e. The summed E-state index contributed by atoms with van der Waals surface area (Å²) >= 11 is 11.3. The van der Waals surface area contributed by atoms with Gasteiger partial charge in [-0.15, -0.1) is 0 Å². The Morgan fingerprint density at radius 3 is 2.25 bits per heavy atom. The standard InChI is InChI=1S/C21H24ClNO3S2/c1-3-14-5-7-15(8-6-14)18-19(21(18,20(23)27)13-26-4-2)28(24,25)17-11-9-16(22)10-12-17/h5-12,18-19H,3-4,13H2,1-2H3,(H2,23,27)/t18-,19+,21-/m1/s1. The van der Waals surface area contributed by atoms with Crippen molar-refractivity contribution in [1.82, 2.24) is 0 Å². The summed E-state index contributed by atoms with van der Waals surface area (Å²) in [6.07, 6.45) is 0.914. The maximum absolute atomic E-state index is 13.5. The molecule has 2 aromatic carbocycles. The minimum absolute atomic E-state index is 0.174. The normalized spacial score (nSPS) is 24.1. The maximum Gasteiger partial charge on any atom is 0.182 e. The SMILES string of the molecule is CCOC[C@@]1(C(N)=S)[C@H](c2ccc(CC)cc2)[C@@H]1S(=O)(=O)c1ccc(Cl)cc1. The van der Waals surface area contributed by atoms with E-state index in [4.69, 9.17) is 34.3 Å². The van der Waals surface area contributed by atoms with Gasteiger partial charge in [0.1, 0.15) is 0 Å². The Morgan fingerprint density at radius 2 is 1.75 bits per heavy atom. The molecule has 150 valence electrons. The number of nitrogens with two attached hydrogens (primary N) is 1. The zero-order chi connectivity index (χ0) is 20.5. The molecule has 2 aromatic rings. The second-order valence-corrected chi connectivity index (χ2v) is 9.98. The van der Waals surface area contributed by atoms with Gasteiger partial charge in [-0.1, -0.05) is 55.0 Å². The molecule has 0 aromatic heterocycles. The third kappa shape index (κ3) is 3.59. The number of benzene rings is 2. The number of aryl methyl sites for hydroxylation is 1. The third-order valence-corrected chi connectivity index (χ3v) is 8.41. The van der Waals surface area contributed by atoms with Crippen molar-refractivity contribution in [3.8, 4) is 0 Å². The van der Waals surface area contributed by atoms with E-state index in [1.54, 1.807) is 12.1 Å². The highest BCUT2D eigenvalue weighted by molar-refractivity contribution is 7.92. The molecular weight excluding hydrogens is 414 g/mol. The first-order valence-corrected chi connectivity index (χ1v) is 11.6. The van der Waals surface area contributed by atoms with Crippen LogP contribution in [0.15, 0.2) is 53.4 Å². The molecule has 0 radical (unpaired) electrons. The second kappa shape index (κ2) is 8.11. The maximum atomic E-state index is 13.5. The molecule has 3 rings (SSSR count). The fraction of sp³-hybridized carbons (Fsp3) is 0.381. The molecule has 0 heterocycles. The first kappa shape index (κ1) is 21.2. The number of rotatable bonds is 8. The Balaban J connectivity index is 2.08. The number of hydrogen-bond acceptors (Lipinski definition) is 4. The van der Waals surface area contributed by atoms with Crippen LogP contribution in [0.2, 0.25) is 5.02 Å². The van der Waals surface area contributed by atoms with Gasteiger partial charge >= 0.3 is 0 Å². The lowest BCUT2D eigenvalue weighted by molar-refractivity contribution is 0.121. The van der Waals surface area contributed by atoms with Crippen molar-refractivity contribution in [2.45, 2.75) is 36.3 Å². The van der Waals surface area contributed by atoms with Crippen molar-refractivity contribution in [3.05, 3.63) is 64.7 Å². The predicted molar refractivity (Wildman–Crippen MR) is 117 cm³/mol. The molecule has 1 aliphatic rings. The highest BCUT2D eigenvalue weighted by atomic mass is 35.5. The summed E-state index contributed by atoms with van der Waals surface area (Å²) in [5, 5.41) is -0.283. The van der Waals surface area contributed by atoms with Crippen LogP contribution in [0.1, 0.15) is 30.9 Å². The molecule has 0 amide bonds. The second-order valence-electron chi connectivity index (χ2n) is 7.03. The van der Waals surface area contributed by atoms with Crippen molar-refractivity contribution < 1.29 is 13.2 Å². The Morgan fingerprint density at radius 1 is 1.14 bits per heavy atom. The molecule has 0 bridgehead atoms. The van der Waals surface area contributed by atoms with Crippen molar-refractivity contribution in [3.63, 3.8) is 0 Å². The van der Waals surface area contributed by atoms with E-state index < -0.39 is 20.5 Å². The zero-order valence-electron chi connectivity index (χ0n) is 15.9. The average Bonchev–Trinajstić information content (AvgIpc) is 3.38. The van der Waals surface area contributed by atoms with Crippen molar-refractivity contribution in [2.24, 2.45) is 11.1 Å². The van der Waals surface area contributed by atoms with Crippen LogP contribution in [0.5, 0.6) is 0 Å². The summed E-state index contributed by atoms with van der Waals surface area (Å²) in [6.45, 7) is 4.58. The van der Waals surface area contributed by atoms with Gasteiger partial charge in [0.25, 0.3) is 0 Å². The van der Waals surface area contributed by atoms with E-state index in [2.05, 4.69) is 6.92 Å². The van der Waals surface area contributed by atoms with Gasteiger partial charge in [0, 0.05) is 17.5 Å².